The van der Waals surface area contributed by atoms with Gasteiger partial charge in [-0.2, -0.15) is 5.10 Å². The molecule has 27 heavy (non-hydrogen) atoms. The molecule has 138 valence electrons. The van der Waals surface area contributed by atoms with Crippen molar-refractivity contribution in [1.29, 1.82) is 0 Å². The minimum Gasteiger partial charge on any atom is -0.391 e. The van der Waals surface area contributed by atoms with Crippen LogP contribution >= 0.6 is 0 Å². The lowest BCUT2D eigenvalue weighted by Gasteiger charge is -2.10. The maximum absolute atomic E-state index is 13.7. The topological polar surface area (TPSA) is 81.1 Å². The molecule has 6 heteroatoms. The number of nitrogens with two attached hydrogens (primary N) is 1. The highest BCUT2D eigenvalue weighted by Crippen LogP contribution is 2.20. The number of aliphatic hydroxyl groups excluding tert-OH is 1. The van der Waals surface area contributed by atoms with E-state index in [1.54, 1.807) is 12.1 Å². The van der Waals surface area contributed by atoms with Crippen LogP contribution in [0.25, 0.3) is 17.3 Å². The third kappa shape index (κ3) is 4.36. The van der Waals surface area contributed by atoms with E-state index in [1.165, 1.54) is 16.8 Å². The summed E-state index contributed by atoms with van der Waals surface area (Å²) in [5, 5.41) is 13.9. The first-order valence-electron chi connectivity index (χ1n) is 8.54. The van der Waals surface area contributed by atoms with E-state index in [2.05, 4.69) is 5.10 Å². The van der Waals surface area contributed by atoms with Crippen molar-refractivity contribution in [3.8, 4) is 11.3 Å². The molecule has 0 aliphatic rings. The minimum absolute atomic E-state index is 0.0615. The first-order valence-corrected chi connectivity index (χ1v) is 8.54. The van der Waals surface area contributed by atoms with Crippen LogP contribution in [0.2, 0.25) is 0 Å². The van der Waals surface area contributed by atoms with E-state index < -0.39 is 6.61 Å². The van der Waals surface area contributed by atoms with E-state index in [1.807, 2.05) is 42.5 Å². The number of halogens is 1. The SMILES string of the molecule is NCc1cc(-c2cc(CO)c(=O)n(CC=Cc3ccccc3)n2)ccc1F. The maximum atomic E-state index is 13.7. The number of hydrogen-bond donors (Lipinski definition) is 2. The van der Waals surface area contributed by atoms with Crippen molar-refractivity contribution in [2.45, 2.75) is 19.7 Å². The van der Waals surface area contributed by atoms with Crippen LogP contribution in [0.1, 0.15) is 16.7 Å². The second-order valence-electron chi connectivity index (χ2n) is 6.02. The molecule has 3 rings (SSSR count). The highest BCUT2D eigenvalue weighted by Gasteiger charge is 2.11. The van der Waals surface area contributed by atoms with Crippen LogP contribution in [0, 0.1) is 5.82 Å². The van der Waals surface area contributed by atoms with Crippen molar-refractivity contribution >= 4 is 6.08 Å². The lowest BCUT2D eigenvalue weighted by molar-refractivity contribution is 0.278. The normalized spacial score (nSPS) is 11.2. The van der Waals surface area contributed by atoms with Gasteiger partial charge in [0.15, 0.2) is 0 Å². The Bertz CT molecular complexity index is 1010. The van der Waals surface area contributed by atoms with Crippen LogP contribution in [0.3, 0.4) is 0 Å². The Morgan fingerprint density at radius 2 is 1.89 bits per heavy atom. The van der Waals surface area contributed by atoms with Gasteiger partial charge in [0.2, 0.25) is 0 Å². The highest BCUT2D eigenvalue weighted by atomic mass is 19.1. The molecule has 0 aliphatic heterocycles. The Labute approximate surface area is 156 Å². The van der Waals surface area contributed by atoms with E-state index in [0.717, 1.165) is 5.56 Å². The summed E-state index contributed by atoms with van der Waals surface area (Å²) in [6.45, 7) is -0.0901. The van der Waals surface area contributed by atoms with Crippen molar-refractivity contribution < 1.29 is 9.50 Å². The standard InChI is InChI=1S/C21H20FN3O2/c22-19-9-8-16(11-17(19)13-23)20-12-18(14-26)21(27)25(24-20)10-4-7-15-5-2-1-3-6-15/h1-9,11-12,26H,10,13-14,23H2. The third-order valence-corrected chi connectivity index (χ3v) is 4.17. The summed E-state index contributed by atoms with van der Waals surface area (Å²) >= 11 is 0. The molecule has 0 aliphatic carbocycles. The second-order valence-corrected chi connectivity index (χ2v) is 6.02. The van der Waals surface area contributed by atoms with Crippen LogP contribution in [0.15, 0.2) is 65.5 Å². The predicted molar refractivity (Wildman–Crippen MR) is 103 cm³/mol. The fraction of sp³-hybridized carbons (Fsp3) is 0.143. The number of aromatic nitrogens is 2. The van der Waals surface area contributed by atoms with E-state index in [0.29, 0.717) is 16.8 Å². The molecule has 1 heterocycles. The Hall–Kier alpha value is -3.09. The molecule has 1 aromatic heterocycles. The summed E-state index contributed by atoms with van der Waals surface area (Å²) in [5.41, 5.74) is 7.91. The number of hydrogen-bond acceptors (Lipinski definition) is 4. The molecule has 0 bridgehead atoms. The molecule has 5 nitrogen and oxygen atoms in total. The van der Waals surface area contributed by atoms with Gasteiger partial charge in [0.25, 0.3) is 5.56 Å². The quantitative estimate of drug-likeness (QED) is 0.704. The molecule has 3 aromatic rings. The molecule has 0 saturated heterocycles. The number of rotatable bonds is 6. The van der Waals surface area contributed by atoms with Gasteiger partial charge in [-0.3, -0.25) is 4.79 Å². The summed E-state index contributed by atoms with van der Waals surface area (Å²) in [5.74, 6) is -0.386. The second kappa shape index (κ2) is 8.53. The number of nitrogens with zero attached hydrogens (tertiary/aromatic N) is 2. The zero-order valence-corrected chi connectivity index (χ0v) is 14.7. The van der Waals surface area contributed by atoms with E-state index in [4.69, 9.17) is 5.73 Å². The summed E-state index contributed by atoms with van der Waals surface area (Å²) < 4.78 is 15.0. The van der Waals surface area contributed by atoms with Crippen LogP contribution in [0.4, 0.5) is 4.39 Å². The van der Waals surface area contributed by atoms with Gasteiger partial charge < -0.3 is 10.8 Å². The van der Waals surface area contributed by atoms with Crippen molar-refractivity contribution in [3.63, 3.8) is 0 Å². The fourth-order valence-corrected chi connectivity index (χ4v) is 2.72. The van der Waals surface area contributed by atoms with Crippen LogP contribution in [-0.4, -0.2) is 14.9 Å². The Morgan fingerprint density at radius 1 is 1.11 bits per heavy atom. The summed E-state index contributed by atoms with van der Waals surface area (Å²) in [7, 11) is 0. The van der Waals surface area contributed by atoms with Gasteiger partial charge in [0.1, 0.15) is 5.82 Å². The summed E-state index contributed by atoms with van der Waals surface area (Å²) in [6, 6.07) is 15.7. The molecule has 0 atom stereocenters. The predicted octanol–water partition coefficient (Wildman–Crippen LogP) is 2.71. The van der Waals surface area contributed by atoms with Crippen molar-refractivity contribution in [1.82, 2.24) is 9.78 Å². The molecule has 0 saturated carbocycles. The van der Waals surface area contributed by atoms with Gasteiger partial charge in [-0.1, -0.05) is 42.5 Å². The molecule has 0 radical (unpaired) electrons. The average Bonchev–Trinajstić information content (AvgIpc) is 2.70. The molecule has 3 N–H and O–H groups in total. The largest absolute Gasteiger partial charge is 0.391 e. The van der Waals surface area contributed by atoms with Gasteiger partial charge in [0.05, 0.1) is 18.8 Å². The monoisotopic (exact) mass is 365 g/mol. The zero-order valence-electron chi connectivity index (χ0n) is 14.7. The number of allylic oxidation sites excluding steroid dienone is 1. The molecule has 2 aromatic carbocycles. The smallest absolute Gasteiger partial charge is 0.272 e. The Balaban J connectivity index is 1.96. The van der Waals surface area contributed by atoms with E-state index >= 15 is 0 Å². The minimum atomic E-state index is -0.401. The highest BCUT2D eigenvalue weighted by molar-refractivity contribution is 5.60. The number of benzene rings is 2. The van der Waals surface area contributed by atoms with Crippen LogP contribution in [-0.2, 0) is 19.7 Å². The van der Waals surface area contributed by atoms with Crippen molar-refractivity contribution in [3.05, 3.63) is 93.5 Å². The molecular weight excluding hydrogens is 345 g/mol. The van der Waals surface area contributed by atoms with Crippen molar-refractivity contribution in [2.75, 3.05) is 0 Å². The average molecular weight is 365 g/mol. The first-order chi connectivity index (χ1) is 13.1. The van der Waals surface area contributed by atoms with Crippen molar-refractivity contribution in [2.24, 2.45) is 5.73 Å². The molecule has 0 fully saturated rings. The van der Waals surface area contributed by atoms with Gasteiger partial charge in [-0.25, -0.2) is 9.07 Å². The van der Waals surface area contributed by atoms with Gasteiger partial charge in [-0.15, -0.1) is 0 Å². The van der Waals surface area contributed by atoms with Crippen LogP contribution < -0.4 is 11.3 Å². The first kappa shape index (κ1) is 18.7. The summed E-state index contributed by atoms with van der Waals surface area (Å²) in [4.78, 5) is 12.4. The maximum Gasteiger partial charge on any atom is 0.272 e. The molecule has 0 amide bonds. The lowest BCUT2D eigenvalue weighted by atomic mass is 10.1. The fourth-order valence-electron chi connectivity index (χ4n) is 2.72. The Kier molecular flexibility index (Phi) is 5.90. The molecule has 0 spiro atoms. The molecule has 0 unspecified atom stereocenters. The number of aliphatic hydroxyl groups is 1. The van der Waals surface area contributed by atoms with E-state index in [-0.39, 0.29) is 30.0 Å². The van der Waals surface area contributed by atoms with E-state index in [9.17, 15) is 14.3 Å². The van der Waals surface area contributed by atoms with Gasteiger partial charge >= 0.3 is 0 Å². The lowest BCUT2D eigenvalue weighted by Crippen LogP contribution is -2.26. The van der Waals surface area contributed by atoms with Crippen LogP contribution in [0.5, 0.6) is 0 Å². The third-order valence-electron chi connectivity index (χ3n) is 4.17. The molecular formula is C21H20FN3O2. The summed E-state index contributed by atoms with van der Waals surface area (Å²) in [6.07, 6.45) is 3.72. The van der Waals surface area contributed by atoms with Gasteiger partial charge in [0, 0.05) is 23.2 Å². The van der Waals surface area contributed by atoms with Gasteiger partial charge in [-0.05, 0) is 29.8 Å². The zero-order chi connectivity index (χ0) is 19.2. The Morgan fingerprint density at radius 3 is 2.59 bits per heavy atom.